The molecular weight excluding hydrogens is 329 g/mol. The Bertz CT molecular complexity index is 773. The van der Waals surface area contributed by atoms with Gasteiger partial charge in [0.1, 0.15) is 6.04 Å². The number of nitrogens with one attached hydrogen (secondary N) is 1. The van der Waals surface area contributed by atoms with Crippen LogP contribution < -0.4 is 5.43 Å². The summed E-state index contributed by atoms with van der Waals surface area (Å²) < 4.78 is 40.8. The van der Waals surface area contributed by atoms with Crippen molar-refractivity contribution in [2.75, 3.05) is 6.54 Å². The number of benzene rings is 2. The fraction of sp³-hybridized carbons (Fsp3) is 0.421. The molecular formula is C19H21F3N2O. The van der Waals surface area contributed by atoms with Crippen molar-refractivity contribution in [2.45, 2.75) is 44.8 Å². The summed E-state index contributed by atoms with van der Waals surface area (Å²) in [6.45, 7) is 2.18. The molecule has 3 nitrogen and oxygen atoms in total. The number of alkyl halides is 3. The van der Waals surface area contributed by atoms with Crippen molar-refractivity contribution in [3.8, 4) is 0 Å². The molecule has 1 fully saturated rings. The quantitative estimate of drug-likeness (QED) is 0.860. The van der Waals surface area contributed by atoms with Gasteiger partial charge in [-0.2, -0.15) is 13.2 Å². The maximum Gasteiger partial charge on any atom is 0.409 e. The zero-order valence-corrected chi connectivity index (χ0v) is 14.1. The molecule has 134 valence electrons. The van der Waals surface area contributed by atoms with Crippen molar-refractivity contribution < 1.29 is 18.0 Å². The van der Waals surface area contributed by atoms with E-state index in [9.17, 15) is 18.0 Å². The highest BCUT2D eigenvalue weighted by molar-refractivity contribution is 5.84. The Morgan fingerprint density at radius 1 is 1.16 bits per heavy atom. The van der Waals surface area contributed by atoms with Gasteiger partial charge in [0.25, 0.3) is 0 Å². The lowest BCUT2D eigenvalue weighted by atomic mass is 9.98. The first-order valence-corrected chi connectivity index (χ1v) is 8.54. The van der Waals surface area contributed by atoms with Gasteiger partial charge in [0.15, 0.2) is 0 Å². The summed E-state index contributed by atoms with van der Waals surface area (Å²) in [5.74, 6) is -0.379. The van der Waals surface area contributed by atoms with Gasteiger partial charge in [-0.1, -0.05) is 43.7 Å². The molecule has 0 saturated carbocycles. The molecule has 1 amide bonds. The number of rotatable bonds is 5. The zero-order chi connectivity index (χ0) is 18.0. The number of fused-ring (bicyclic) bond motifs is 1. The fourth-order valence-corrected chi connectivity index (χ4v) is 3.25. The molecule has 1 heterocycles. The van der Waals surface area contributed by atoms with Crippen LogP contribution in [0, 0.1) is 0 Å². The van der Waals surface area contributed by atoms with E-state index < -0.39 is 12.2 Å². The maximum atomic E-state index is 13.6. The summed E-state index contributed by atoms with van der Waals surface area (Å²) in [7, 11) is 0. The molecule has 6 heteroatoms. The van der Waals surface area contributed by atoms with Gasteiger partial charge in [0.2, 0.25) is 5.91 Å². The first kappa shape index (κ1) is 17.7. The highest BCUT2D eigenvalue weighted by atomic mass is 19.4. The molecule has 2 aromatic rings. The summed E-state index contributed by atoms with van der Waals surface area (Å²) in [4.78, 5) is 11.3. The minimum Gasteiger partial charge on any atom is -0.288 e. The standard InChI is InChI=1S/C19H21F3N2O/c1-2-3-4-13-5-6-15-12-16(8-7-14(15)11-13)18(19(20,21)22)24-10-9-17(25)23-24/h5-8,11-12,18H,2-4,9-10H2,1H3,(H,23,25). The molecule has 0 aliphatic carbocycles. The van der Waals surface area contributed by atoms with Crippen LogP contribution in [0.3, 0.4) is 0 Å². The van der Waals surface area contributed by atoms with Crippen LogP contribution in [0.4, 0.5) is 13.2 Å². The average Bonchev–Trinajstić information content (AvgIpc) is 2.97. The van der Waals surface area contributed by atoms with Crippen molar-refractivity contribution in [3.05, 3.63) is 47.5 Å². The van der Waals surface area contributed by atoms with E-state index in [0.717, 1.165) is 35.0 Å². The monoisotopic (exact) mass is 350 g/mol. The van der Waals surface area contributed by atoms with Crippen molar-refractivity contribution in [1.29, 1.82) is 0 Å². The van der Waals surface area contributed by atoms with E-state index in [-0.39, 0.29) is 24.4 Å². The number of hydrazine groups is 1. The highest BCUT2D eigenvalue weighted by Gasteiger charge is 2.46. The Labute approximate surface area is 144 Å². The van der Waals surface area contributed by atoms with Gasteiger partial charge in [-0.25, -0.2) is 5.01 Å². The summed E-state index contributed by atoms with van der Waals surface area (Å²) in [5, 5.41) is 2.69. The summed E-state index contributed by atoms with van der Waals surface area (Å²) in [6, 6.07) is 8.87. The summed E-state index contributed by atoms with van der Waals surface area (Å²) in [6.07, 6.45) is -1.22. The van der Waals surface area contributed by atoms with Gasteiger partial charge in [0, 0.05) is 13.0 Å². The van der Waals surface area contributed by atoms with E-state index in [1.54, 1.807) is 12.1 Å². The lowest BCUT2D eigenvalue weighted by molar-refractivity contribution is -0.191. The minimum absolute atomic E-state index is 0.0526. The molecule has 0 radical (unpaired) electrons. The number of hydrogen-bond acceptors (Lipinski definition) is 2. The van der Waals surface area contributed by atoms with Gasteiger partial charge in [-0.05, 0) is 40.8 Å². The van der Waals surface area contributed by atoms with Crippen molar-refractivity contribution in [1.82, 2.24) is 10.4 Å². The van der Waals surface area contributed by atoms with E-state index in [2.05, 4.69) is 12.3 Å². The number of amides is 1. The molecule has 3 rings (SSSR count). The van der Waals surface area contributed by atoms with Gasteiger partial charge >= 0.3 is 6.18 Å². The molecule has 0 bridgehead atoms. The van der Waals surface area contributed by atoms with Crippen LogP contribution in [0.2, 0.25) is 0 Å². The maximum absolute atomic E-state index is 13.6. The molecule has 0 spiro atoms. The van der Waals surface area contributed by atoms with Gasteiger partial charge < -0.3 is 0 Å². The number of nitrogens with zero attached hydrogens (tertiary/aromatic N) is 1. The molecule has 1 aliphatic heterocycles. The topological polar surface area (TPSA) is 32.3 Å². The predicted octanol–water partition coefficient (Wildman–Crippen LogP) is 4.52. The molecule has 1 atom stereocenters. The third-order valence-electron chi connectivity index (χ3n) is 4.53. The second-order valence-electron chi connectivity index (χ2n) is 6.47. The minimum atomic E-state index is -4.47. The summed E-state index contributed by atoms with van der Waals surface area (Å²) in [5.41, 5.74) is 3.65. The molecule has 1 aliphatic rings. The average molecular weight is 350 g/mol. The lowest BCUT2D eigenvalue weighted by Gasteiger charge is -2.29. The van der Waals surface area contributed by atoms with Crippen LogP contribution in [0.1, 0.15) is 43.4 Å². The van der Waals surface area contributed by atoms with E-state index in [1.807, 2.05) is 18.2 Å². The Morgan fingerprint density at radius 2 is 1.88 bits per heavy atom. The molecule has 2 aromatic carbocycles. The largest absolute Gasteiger partial charge is 0.409 e. The van der Waals surface area contributed by atoms with E-state index >= 15 is 0 Å². The third-order valence-corrected chi connectivity index (χ3v) is 4.53. The van der Waals surface area contributed by atoms with Gasteiger partial charge in [0.05, 0.1) is 0 Å². The molecule has 25 heavy (non-hydrogen) atoms. The molecule has 0 aromatic heterocycles. The molecule has 1 N–H and O–H groups in total. The number of carbonyl (C=O) groups is 1. The van der Waals surface area contributed by atoms with E-state index in [4.69, 9.17) is 0 Å². The second-order valence-corrected chi connectivity index (χ2v) is 6.47. The Hall–Kier alpha value is -2.08. The summed E-state index contributed by atoms with van der Waals surface area (Å²) >= 11 is 0. The number of aryl methyl sites for hydroxylation is 1. The number of unbranched alkanes of at least 4 members (excludes halogenated alkanes) is 1. The van der Waals surface area contributed by atoms with Crippen molar-refractivity contribution >= 4 is 16.7 Å². The fourth-order valence-electron chi connectivity index (χ4n) is 3.25. The van der Waals surface area contributed by atoms with Crippen LogP contribution in [0.25, 0.3) is 10.8 Å². The van der Waals surface area contributed by atoms with Crippen molar-refractivity contribution in [3.63, 3.8) is 0 Å². The Morgan fingerprint density at radius 3 is 2.52 bits per heavy atom. The normalized spacial score (nSPS) is 17.0. The highest BCUT2D eigenvalue weighted by Crippen LogP contribution is 2.38. The van der Waals surface area contributed by atoms with Crippen LogP contribution in [0.5, 0.6) is 0 Å². The first-order chi connectivity index (χ1) is 11.9. The van der Waals surface area contributed by atoms with E-state index in [0.29, 0.717) is 0 Å². The molecule has 1 saturated heterocycles. The number of halogens is 3. The smallest absolute Gasteiger partial charge is 0.288 e. The first-order valence-electron chi connectivity index (χ1n) is 8.54. The van der Waals surface area contributed by atoms with Crippen LogP contribution in [0.15, 0.2) is 36.4 Å². The Kier molecular flexibility index (Phi) is 4.99. The predicted molar refractivity (Wildman–Crippen MR) is 90.8 cm³/mol. The van der Waals surface area contributed by atoms with Crippen LogP contribution >= 0.6 is 0 Å². The van der Waals surface area contributed by atoms with E-state index in [1.165, 1.54) is 11.6 Å². The van der Waals surface area contributed by atoms with Crippen LogP contribution in [-0.4, -0.2) is 23.6 Å². The van der Waals surface area contributed by atoms with Gasteiger partial charge in [-0.15, -0.1) is 0 Å². The SMILES string of the molecule is CCCCc1ccc2cc(C(N3CCC(=O)N3)C(F)(F)F)ccc2c1. The molecule has 1 unspecified atom stereocenters. The number of carbonyl (C=O) groups excluding carboxylic acids is 1. The van der Waals surface area contributed by atoms with Crippen LogP contribution in [-0.2, 0) is 11.2 Å². The van der Waals surface area contributed by atoms with Crippen molar-refractivity contribution in [2.24, 2.45) is 0 Å². The second kappa shape index (κ2) is 7.04. The Balaban J connectivity index is 1.94. The lowest BCUT2D eigenvalue weighted by Crippen LogP contribution is -2.43. The van der Waals surface area contributed by atoms with Gasteiger partial charge in [-0.3, -0.25) is 10.2 Å². The number of hydrogen-bond donors (Lipinski definition) is 1. The zero-order valence-electron chi connectivity index (χ0n) is 14.1. The third kappa shape index (κ3) is 3.95.